The van der Waals surface area contributed by atoms with Crippen LogP contribution in [0.15, 0.2) is 24.3 Å². The largest absolute Gasteiger partial charge is 0.380 e. The van der Waals surface area contributed by atoms with Crippen molar-refractivity contribution in [2.24, 2.45) is 0 Å². The van der Waals surface area contributed by atoms with Crippen LogP contribution in [0.5, 0.6) is 0 Å². The third-order valence-electron chi connectivity index (χ3n) is 4.36. The van der Waals surface area contributed by atoms with E-state index >= 15 is 0 Å². The third kappa shape index (κ3) is 4.30. The first-order valence-corrected chi connectivity index (χ1v) is 7.72. The van der Waals surface area contributed by atoms with Crippen molar-refractivity contribution in [2.45, 2.75) is 39.0 Å². The molecule has 0 N–H and O–H groups in total. The fourth-order valence-electron chi connectivity index (χ4n) is 3.08. The Morgan fingerprint density at radius 1 is 1.25 bits per heavy atom. The Hall–Kier alpha value is -0.900. The van der Waals surface area contributed by atoms with Crippen LogP contribution in [0.1, 0.15) is 30.9 Å². The number of piperidine rings is 1. The van der Waals surface area contributed by atoms with Gasteiger partial charge in [-0.05, 0) is 50.7 Å². The molecule has 2 rings (SSSR count). The molecule has 0 spiro atoms. The highest BCUT2D eigenvalue weighted by atomic mass is 16.5. The van der Waals surface area contributed by atoms with Crippen molar-refractivity contribution >= 4 is 0 Å². The molecule has 1 aromatic rings. The SMILES string of the molecule is CCN1CCC(N(C)Cc2cccc(COC)c2)CC1. The standard InChI is InChI=1S/C17H28N2O/c1-4-19-10-8-17(9-11-19)18(2)13-15-6-5-7-16(12-15)14-20-3/h5-7,12,17H,4,8-11,13-14H2,1-3H3. The zero-order valence-corrected chi connectivity index (χ0v) is 13.1. The van der Waals surface area contributed by atoms with Gasteiger partial charge in [0.2, 0.25) is 0 Å². The van der Waals surface area contributed by atoms with Crippen molar-refractivity contribution < 1.29 is 4.74 Å². The first-order chi connectivity index (χ1) is 9.72. The molecule has 0 saturated carbocycles. The molecule has 3 heteroatoms. The molecular weight excluding hydrogens is 248 g/mol. The van der Waals surface area contributed by atoms with E-state index in [-0.39, 0.29) is 0 Å². The quantitative estimate of drug-likeness (QED) is 0.794. The summed E-state index contributed by atoms with van der Waals surface area (Å²) in [4.78, 5) is 5.06. The lowest BCUT2D eigenvalue weighted by Crippen LogP contribution is -2.42. The summed E-state index contributed by atoms with van der Waals surface area (Å²) in [5.74, 6) is 0. The van der Waals surface area contributed by atoms with Gasteiger partial charge in [-0.15, -0.1) is 0 Å². The van der Waals surface area contributed by atoms with Crippen LogP contribution < -0.4 is 0 Å². The van der Waals surface area contributed by atoms with Gasteiger partial charge in [0.05, 0.1) is 6.61 Å². The summed E-state index contributed by atoms with van der Waals surface area (Å²) < 4.78 is 5.21. The van der Waals surface area contributed by atoms with Gasteiger partial charge in [-0.2, -0.15) is 0 Å². The maximum atomic E-state index is 5.21. The minimum Gasteiger partial charge on any atom is -0.380 e. The van der Waals surface area contributed by atoms with Gasteiger partial charge in [-0.1, -0.05) is 31.2 Å². The molecule has 1 aliphatic heterocycles. The van der Waals surface area contributed by atoms with Crippen LogP contribution in [0.2, 0.25) is 0 Å². The molecule has 0 aliphatic carbocycles. The molecule has 20 heavy (non-hydrogen) atoms. The first-order valence-electron chi connectivity index (χ1n) is 7.72. The van der Waals surface area contributed by atoms with E-state index in [9.17, 15) is 0 Å². The highest BCUT2D eigenvalue weighted by Crippen LogP contribution is 2.18. The predicted octanol–water partition coefficient (Wildman–Crippen LogP) is 2.75. The number of rotatable bonds is 6. The smallest absolute Gasteiger partial charge is 0.0713 e. The van der Waals surface area contributed by atoms with Gasteiger partial charge >= 0.3 is 0 Å². The topological polar surface area (TPSA) is 15.7 Å². The van der Waals surface area contributed by atoms with E-state index < -0.39 is 0 Å². The average molecular weight is 276 g/mol. The highest BCUT2D eigenvalue weighted by Gasteiger charge is 2.21. The minimum absolute atomic E-state index is 0.701. The number of benzene rings is 1. The Labute approximate surface area is 123 Å². The molecule has 0 unspecified atom stereocenters. The molecule has 0 atom stereocenters. The maximum Gasteiger partial charge on any atom is 0.0713 e. The minimum atomic E-state index is 0.701. The van der Waals surface area contributed by atoms with Gasteiger partial charge in [-0.3, -0.25) is 4.90 Å². The van der Waals surface area contributed by atoms with Crippen LogP contribution >= 0.6 is 0 Å². The summed E-state index contributed by atoms with van der Waals surface area (Å²) in [5, 5.41) is 0. The zero-order valence-electron chi connectivity index (χ0n) is 13.1. The molecule has 3 nitrogen and oxygen atoms in total. The monoisotopic (exact) mass is 276 g/mol. The number of likely N-dealkylation sites (tertiary alicyclic amines) is 1. The number of nitrogens with zero attached hydrogens (tertiary/aromatic N) is 2. The van der Waals surface area contributed by atoms with Crippen molar-refractivity contribution in [3.63, 3.8) is 0 Å². The second-order valence-corrected chi connectivity index (χ2v) is 5.83. The molecule has 0 radical (unpaired) electrons. The van der Waals surface area contributed by atoms with Crippen molar-refractivity contribution in [1.29, 1.82) is 0 Å². The van der Waals surface area contributed by atoms with E-state index in [1.54, 1.807) is 7.11 Å². The van der Waals surface area contributed by atoms with Crippen LogP contribution in [0.3, 0.4) is 0 Å². The summed E-state index contributed by atoms with van der Waals surface area (Å²) in [6.45, 7) is 7.67. The third-order valence-corrected chi connectivity index (χ3v) is 4.36. The van der Waals surface area contributed by atoms with Crippen molar-refractivity contribution in [2.75, 3.05) is 33.8 Å². The molecule has 1 fully saturated rings. The fraction of sp³-hybridized carbons (Fsp3) is 0.647. The van der Waals surface area contributed by atoms with Gasteiger partial charge in [0, 0.05) is 19.7 Å². The highest BCUT2D eigenvalue weighted by molar-refractivity contribution is 5.23. The van der Waals surface area contributed by atoms with Crippen LogP contribution in [0, 0.1) is 0 Å². The van der Waals surface area contributed by atoms with Crippen molar-refractivity contribution in [3.8, 4) is 0 Å². The van der Waals surface area contributed by atoms with Gasteiger partial charge in [0.25, 0.3) is 0 Å². The molecule has 1 aromatic carbocycles. The van der Waals surface area contributed by atoms with E-state index in [0.717, 1.165) is 12.6 Å². The Balaban J connectivity index is 1.87. The number of methoxy groups -OCH3 is 1. The zero-order chi connectivity index (χ0) is 14.4. The molecule has 1 aliphatic rings. The summed E-state index contributed by atoms with van der Waals surface area (Å²) in [7, 11) is 4.01. The van der Waals surface area contributed by atoms with E-state index in [1.165, 1.54) is 43.6 Å². The average Bonchev–Trinajstić information content (AvgIpc) is 2.48. The van der Waals surface area contributed by atoms with E-state index in [2.05, 4.69) is 48.0 Å². The van der Waals surface area contributed by atoms with Gasteiger partial charge in [0.1, 0.15) is 0 Å². The Kier molecular flexibility index (Phi) is 6.02. The Bertz CT molecular complexity index is 400. The Morgan fingerprint density at radius 3 is 2.60 bits per heavy atom. The lowest BCUT2D eigenvalue weighted by Gasteiger charge is -2.36. The molecule has 0 amide bonds. The van der Waals surface area contributed by atoms with Crippen LogP contribution in [0.25, 0.3) is 0 Å². The molecule has 0 aromatic heterocycles. The van der Waals surface area contributed by atoms with E-state index in [0.29, 0.717) is 6.61 Å². The summed E-state index contributed by atoms with van der Waals surface area (Å²) in [6.07, 6.45) is 2.59. The molecule has 0 bridgehead atoms. The second kappa shape index (κ2) is 7.77. The fourth-order valence-corrected chi connectivity index (χ4v) is 3.08. The van der Waals surface area contributed by atoms with Crippen molar-refractivity contribution in [3.05, 3.63) is 35.4 Å². The van der Waals surface area contributed by atoms with E-state index in [4.69, 9.17) is 4.74 Å². The lowest BCUT2D eigenvalue weighted by molar-refractivity contribution is 0.127. The van der Waals surface area contributed by atoms with Gasteiger partial charge in [0.15, 0.2) is 0 Å². The van der Waals surface area contributed by atoms with Crippen LogP contribution in [-0.2, 0) is 17.9 Å². The predicted molar refractivity (Wildman–Crippen MR) is 83.8 cm³/mol. The number of hydrogen-bond donors (Lipinski definition) is 0. The second-order valence-electron chi connectivity index (χ2n) is 5.83. The first kappa shape index (κ1) is 15.5. The number of hydrogen-bond acceptors (Lipinski definition) is 3. The summed E-state index contributed by atoms with van der Waals surface area (Å²) in [5.41, 5.74) is 2.65. The van der Waals surface area contributed by atoms with Crippen molar-refractivity contribution in [1.82, 2.24) is 9.80 Å². The van der Waals surface area contributed by atoms with Gasteiger partial charge in [-0.25, -0.2) is 0 Å². The lowest BCUT2D eigenvalue weighted by atomic mass is 10.0. The maximum absolute atomic E-state index is 5.21. The van der Waals surface area contributed by atoms with E-state index in [1.807, 2.05) is 0 Å². The van der Waals surface area contributed by atoms with Gasteiger partial charge < -0.3 is 9.64 Å². The number of ether oxygens (including phenoxy) is 1. The summed E-state index contributed by atoms with van der Waals surface area (Å²) in [6, 6.07) is 9.48. The molecular formula is C17H28N2O. The summed E-state index contributed by atoms with van der Waals surface area (Å²) >= 11 is 0. The van der Waals surface area contributed by atoms with Crippen LogP contribution in [-0.4, -0.2) is 49.6 Å². The van der Waals surface area contributed by atoms with Crippen LogP contribution in [0.4, 0.5) is 0 Å². The molecule has 112 valence electrons. The molecule has 1 heterocycles. The molecule has 1 saturated heterocycles. The Morgan fingerprint density at radius 2 is 1.95 bits per heavy atom. The normalized spacial score (nSPS) is 17.8.